The fourth-order valence-corrected chi connectivity index (χ4v) is 1.45. The Morgan fingerprint density at radius 1 is 1.41 bits per heavy atom. The maximum absolute atomic E-state index is 10.7. The van der Waals surface area contributed by atoms with Crippen molar-refractivity contribution >= 4 is 11.8 Å². The van der Waals surface area contributed by atoms with Gasteiger partial charge in [-0.25, -0.2) is 9.78 Å². The molecule has 0 bridgehead atoms. The van der Waals surface area contributed by atoms with Crippen molar-refractivity contribution in [3.8, 4) is 0 Å². The third-order valence-corrected chi connectivity index (χ3v) is 2.52. The molecule has 0 aromatic carbocycles. The fraction of sp³-hybridized carbons (Fsp3) is 0.545. The van der Waals surface area contributed by atoms with Gasteiger partial charge in [0.2, 0.25) is 0 Å². The first-order chi connectivity index (χ1) is 8.25. The summed E-state index contributed by atoms with van der Waals surface area (Å²) in [6, 6.07) is 0.727. The van der Waals surface area contributed by atoms with Crippen LogP contribution in [0.25, 0.3) is 0 Å². The van der Waals surface area contributed by atoms with Crippen LogP contribution in [0.4, 0.5) is 5.82 Å². The van der Waals surface area contributed by atoms with Crippen LogP contribution in [0.15, 0.2) is 12.4 Å². The van der Waals surface area contributed by atoms with E-state index in [1.165, 1.54) is 25.2 Å². The van der Waals surface area contributed by atoms with E-state index < -0.39 is 5.97 Å². The van der Waals surface area contributed by atoms with Gasteiger partial charge in [-0.2, -0.15) is 0 Å². The van der Waals surface area contributed by atoms with Crippen LogP contribution in [-0.2, 0) is 0 Å². The molecule has 17 heavy (non-hydrogen) atoms. The van der Waals surface area contributed by atoms with E-state index in [1.807, 2.05) is 0 Å². The summed E-state index contributed by atoms with van der Waals surface area (Å²) in [4.78, 5) is 18.4. The number of hydrogen-bond acceptors (Lipinski definition) is 5. The van der Waals surface area contributed by atoms with Gasteiger partial charge < -0.3 is 15.7 Å². The Balaban J connectivity index is 1.70. The summed E-state index contributed by atoms with van der Waals surface area (Å²) < 4.78 is 0. The molecule has 1 saturated carbocycles. The molecule has 6 heteroatoms. The van der Waals surface area contributed by atoms with Gasteiger partial charge in [-0.05, 0) is 25.8 Å². The second-order valence-corrected chi connectivity index (χ2v) is 4.10. The molecule has 1 heterocycles. The van der Waals surface area contributed by atoms with Gasteiger partial charge in [-0.3, -0.25) is 4.98 Å². The van der Waals surface area contributed by atoms with E-state index in [1.54, 1.807) is 0 Å². The molecule has 1 aromatic rings. The molecular formula is C11H16N4O2. The Kier molecular flexibility index (Phi) is 3.87. The number of aromatic nitrogens is 2. The molecule has 0 aliphatic heterocycles. The van der Waals surface area contributed by atoms with E-state index in [0.717, 1.165) is 25.6 Å². The Morgan fingerprint density at radius 3 is 2.94 bits per heavy atom. The number of carboxylic acids is 1. The topological polar surface area (TPSA) is 87.1 Å². The summed E-state index contributed by atoms with van der Waals surface area (Å²) in [5.74, 6) is -0.548. The number of rotatable bonds is 7. The average Bonchev–Trinajstić information content (AvgIpc) is 3.13. The molecule has 0 radical (unpaired) electrons. The molecule has 1 fully saturated rings. The third kappa shape index (κ3) is 3.99. The molecule has 1 aromatic heterocycles. The quantitative estimate of drug-likeness (QED) is 0.605. The molecule has 6 nitrogen and oxygen atoms in total. The van der Waals surface area contributed by atoms with E-state index in [4.69, 9.17) is 5.11 Å². The van der Waals surface area contributed by atoms with E-state index >= 15 is 0 Å². The highest BCUT2D eigenvalue weighted by molar-refractivity contribution is 5.85. The zero-order chi connectivity index (χ0) is 12.1. The molecule has 2 rings (SSSR count). The largest absolute Gasteiger partial charge is 0.476 e. The smallest absolute Gasteiger partial charge is 0.356 e. The van der Waals surface area contributed by atoms with Crippen LogP contribution in [0, 0.1) is 0 Å². The lowest BCUT2D eigenvalue weighted by Crippen LogP contribution is -2.20. The lowest BCUT2D eigenvalue weighted by Gasteiger charge is -2.06. The standard InChI is InChI=1S/C11H16N4O2/c16-11(17)9-6-12-7-10(15-9)14-5-1-4-13-8-2-3-8/h6-8,13H,1-5H2,(H,14,15)(H,16,17). The molecule has 92 valence electrons. The third-order valence-electron chi connectivity index (χ3n) is 2.52. The lowest BCUT2D eigenvalue weighted by atomic mass is 10.4. The van der Waals surface area contributed by atoms with Crippen LogP contribution in [0.1, 0.15) is 29.8 Å². The predicted molar refractivity (Wildman–Crippen MR) is 63.1 cm³/mol. The molecule has 0 spiro atoms. The van der Waals surface area contributed by atoms with Crippen LogP contribution in [0.3, 0.4) is 0 Å². The zero-order valence-corrected chi connectivity index (χ0v) is 9.52. The first-order valence-corrected chi connectivity index (χ1v) is 5.78. The van der Waals surface area contributed by atoms with E-state index in [0.29, 0.717) is 5.82 Å². The van der Waals surface area contributed by atoms with Gasteiger partial charge in [0.25, 0.3) is 0 Å². The monoisotopic (exact) mass is 236 g/mol. The number of carbonyl (C=O) groups is 1. The van der Waals surface area contributed by atoms with E-state index in [-0.39, 0.29) is 5.69 Å². The Bertz CT molecular complexity index is 393. The van der Waals surface area contributed by atoms with Crippen LogP contribution in [-0.4, -0.2) is 40.2 Å². The van der Waals surface area contributed by atoms with Crippen LogP contribution >= 0.6 is 0 Å². The number of carboxylic acid groups (broad SMARTS) is 1. The molecule has 0 saturated heterocycles. The summed E-state index contributed by atoms with van der Waals surface area (Å²) in [5.41, 5.74) is -0.0360. The van der Waals surface area contributed by atoms with Crippen molar-refractivity contribution in [1.29, 1.82) is 0 Å². The minimum Gasteiger partial charge on any atom is -0.476 e. The highest BCUT2D eigenvalue weighted by atomic mass is 16.4. The van der Waals surface area contributed by atoms with E-state index in [9.17, 15) is 4.79 Å². The number of hydrogen-bond donors (Lipinski definition) is 3. The summed E-state index contributed by atoms with van der Waals surface area (Å²) in [5, 5.41) is 15.2. The number of aromatic carboxylic acids is 1. The van der Waals surface area contributed by atoms with Crippen molar-refractivity contribution in [3.05, 3.63) is 18.1 Å². The summed E-state index contributed by atoms with van der Waals surface area (Å²) in [6.07, 6.45) is 6.33. The van der Waals surface area contributed by atoms with Crippen molar-refractivity contribution in [2.45, 2.75) is 25.3 Å². The highest BCUT2D eigenvalue weighted by Gasteiger charge is 2.19. The Labute approximate surface area is 99.5 Å². The zero-order valence-electron chi connectivity index (χ0n) is 9.52. The van der Waals surface area contributed by atoms with Gasteiger partial charge in [0.15, 0.2) is 5.69 Å². The maximum atomic E-state index is 10.7. The minimum absolute atomic E-state index is 0.0360. The molecule has 0 atom stereocenters. The van der Waals surface area contributed by atoms with Crippen molar-refractivity contribution < 1.29 is 9.90 Å². The number of nitrogens with zero attached hydrogens (tertiary/aromatic N) is 2. The first kappa shape index (κ1) is 11.8. The molecular weight excluding hydrogens is 220 g/mol. The maximum Gasteiger partial charge on any atom is 0.356 e. The lowest BCUT2D eigenvalue weighted by molar-refractivity contribution is 0.0690. The van der Waals surface area contributed by atoms with Gasteiger partial charge in [0, 0.05) is 12.6 Å². The number of nitrogens with one attached hydrogen (secondary N) is 2. The Morgan fingerprint density at radius 2 is 2.24 bits per heavy atom. The van der Waals surface area contributed by atoms with Gasteiger partial charge in [-0.15, -0.1) is 0 Å². The van der Waals surface area contributed by atoms with Crippen molar-refractivity contribution in [1.82, 2.24) is 15.3 Å². The van der Waals surface area contributed by atoms with Crippen LogP contribution in [0.2, 0.25) is 0 Å². The average molecular weight is 236 g/mol. The van der Waals surface area contributed by atoms with Gasteiger partial charge in [0.1, 0.15) is 5.82 Å². The van der Waals surface area contributed by atoms with E-state index in [2.05, 4.69) is 20.6 Å². The Hall–Kier alpha value is -1.69. The second-order valence-electron chi connectivity index (χ2n) is 4.10. The fourth-order valence-electron chi connectivity index (χ4n) is 1.45. The summed E-state index contributed by atoms with van der Waals surface area (Å²) in [6.45, 7) is 1.74. The highest BCUT2D eigenvalue weighted by Crippen LogP contribution is 2.18. The summed E-state index contributed by atoms with van der Waals surface area (Å²) >= 11 is 0. The van der Waals surface area contributed by atoms with Gasteiger partial charge in [0.05, 0.1) is 12.4 Å². The molecule has 0 unspecified atom stereocenters. The van der Waals surface area contributed by atoms with Crippen molar-refractivity contribution in [3.63, 3.8) is 0 Å². The molecule has 1 aliphatic rings. The van der Waals surface area contributed by atoms with Crippen LogP contribution < -0.4 is 10.6 Å². The number of anilines is 1. The predicted octanol–water partition coefficient (Wildman–Crippen LogP) is 0.729. The molecule has 0 amide bonds. The second kappa shape index (κ2) is 5.58. The van der Waals surface area contributed by atoms with Crippen LogP contribution in [0.5, 0.6) is 0 Å². The SMILES string of the molecule is O=C(O)c1cncc(NCCCNC2CC2)n1. The normalized spacial score (nSPS) is 14.6. The van der Waals surface area contributed by atoms with Gasteiger partial charge in [-0.1, -0.05) is 0 Å². The van der Waals surface area contributed by atoms with Gasteiger partial charge >= 0.3 is 5.97 Å². The van der Waals surface area contributed by atoms with Crippen molar-refractivity contribution in [2.75, 3.05) is 18.4 Å². The minimum atomic E-state index is -1.06. The molecule has 3 N–H and O–H groups in total. The molecule has 1 aliphatic carbocycles. The summed E-state index contributed by atoms with van der Waals surface area (Å²) in [7, 11) is 0. The first-order valence-electron chi connectivity index (χ1n) is 5.78. The van der Waals surface area contributed by atoms with Crippen molar-refractivity contribution in [2.24, 2.45) is 0 Å².